The molecule has 0 unspecified atom stereocenters. The molecule has 90 valence electrons. The van der Waals surface area contributed by atoms with Gasteiger partial charge in [-0.2, -0.15) is 4.98 Å². The lowest BCUT2D eigenvalue weighted by atomic mass is 10.3. The van der Waals surface area contributed by atoms with Gasteiger partial charge in [0.05, 0.1) is 6.61 Å². The van der Waals surface area contributed by atoms with E-state index in [0.717, 1.165) is 18.7 Å². The van der Waals surface area contributed by atoms with Crippen LogP contribution in [0.1, 0.15) is 6.42 Å². The molecule has 0 amide bonds. The van der Waals surface area contributed by atoms with Crippen molar-refractivity contribution >= 4 is 21.9 Å². The van der Waals surface area contributed by atoms with Crippen molar-refractivity contribution in [1.29, 1.82) is 0 Å². The SMILES string of the molecule is Nc1nc(Br)n(CCCOc2ccccc2)n1. The minimum atomic E-state index is 0.279. The number of benzene rings is 1. The summed E-state index contributed by atoms with van der Waals surface area (Å²) in [7, 11) is 0. The Morgan fingerprint density at radius 1 is 1.29 bits per heavy atom. The fraction of sp³-hybridized carbons (Fsp3) is 0.273. The predicted molar refractivity (Wildman–Crippen MR) is 68.7 cm³/mol. The topological polar surface area (TPSA) is 66.0 Å². The van der Waals surface area contributed by atoms with Gasteiger partial charge in [-0.05, 0) is 28.1 Å². The minimum absolute atomic E-state index is 0.279. The summed E-state index contributed by atoms with van der Waals surface area (Å²) in [6.07, 6.45) is 0.844. The van der Waals surface area contributed by atoms with E-state index < -0.39 is 0 Å². The zero-order valence-corrected chi connectivity index (χ0v) is 10.8. The number of nitrogens with two attached hydrogens (primary N) is 1. The van der Waals surface area contributed by atoms with Crippen molar-refractivity contribution in [3.63, 3.8) is 0 Å². The Morgan fingerprint density at radius 3 is 2.71 bits per heavy atom. The van der Waals surface area contributed by atoms with Crippen LogP contribution in [0.25, 0.3) is 0 Å². The van der Waals surface area contributed by atoms with E-state index in [4.69, 9.17) is 10.5 Å². The molecule has 2 aromatic rings. The molecule has 0 aliphatic rings. The number of para-hydroxylation sites is 1. The lowest BCUT2D eigenvalue weighted by Gasteiger charge is -2.05. The summed E-state index contributed by atoms with van der Waals surface area (Å²) in [5.74, 6) is 1.16. The number of anilines is 1. The molecule has 0 fully saturated rings. The molecule has 1 aromatic carbocycles. The quantitative estimate of drug-likeness (QED) is 0.858. The van der Waals surface area contributed by atoms with Crippen LogP contribution in [0.4, 0.5) is 5.95 Å². The normalized spacial score (nSPS) is 10.4. The zero-order chi connectivity index (χ0) is 12.1. The zero-order valence-electron chi connectivity index (χ0n) is 9.21. The van der Waals surface area contributed by atoms with Crippen LogP contribution in [-0.2, 0) is 6.54 Å². The third-order valence-corrected chi connectivity index (χ3v) is 2.76. The molecule has 2 N–H and O–H groups in total. The van der Waals surface area contributed by atoms with Gasteiger partial charge in [0.2, 0.25) is 5.95 Å². The Balaban J connectivity index is 1.75. The largest absolute Gasteiger partial charge is 0.494 e. The molecule has 0 spiro atoms. The first-order chi connectivity index (χ1) is 8.25. The summed E-state index contributed by atoms with van der Waals surface area (Å²) in [5.41, 5.74) is 5.47. The van der Waals surface area contributed by atoms with Gasteiger partial charge >= 0.3 is 0 Å². The average molecular weight is 297 g/mol. The van der Waals surface area contributed by atoms with Gasteiger partial charge in [0.15, 0.2) is 4.73 Å². The number of halogens is 1. The van der Waals surface area contributed by atoms with Crippen LogP contribution in [0.3, 0.4) is 0 Å². The van der Waals surface area contributed by atoms with E-state index in [-0.39, 0.29) is 5.95 Å². The summed E-state index contributed by atoms with van der Waals surface area (Å²) in [6, 6.07) is 9.73. The number of rotatable bonds is 5. The Kier molecular flexibility index (Phi) is 3.98. The van der Waals surface area contributed by atoms with Gasteiger partial charge in [-0.1, -0.05) is 18.2 Å². The maximum atomic E-state index is 5.57. The molecule has 2 rings (SSSR count). The van der Waals surface area contributed by atoms with Crippen LogP contribution >= 0.6 is 15.9 Å². The number of nitrogens with zero attached hydrogens (tertiary/aromatic N) is 3. The third kappa shape index (κ3) is 3.45. The second-order valence-corrected chi connectivity index (χ2v) is 4.19. The van der Waals surface area contributed by atoms with Gasteiger partial charge in [0.25, 0.3) is 0 Å². The second-order valence-electron chi connectivity index (χ2n) is 3.48. The van der Waals surface area contributed by atoms with Crippen molar-refractivity contribution in [3.05, 3.63) is 35.1 Å². The van der Waals surface area contributed by atoms with Crippen LogP contribution < -0.4 is 10.5 Å². The Labute approximate surface area is 108 Å². The van der Waals surface area contributed by atoms with E-state index in [1.807, 2.05) is 30.3 Å². The molecule has 1 heterocycles. The molecule has 6 heteroatoms. The number of nitrogen functional groups attached to an aromatic ring is 1. The van der Waals surface area contributed by atoms with E-state index >= 15 is 0 Å². The van der Waals surface area contributed by atoms with E-state index in [1.54, 1.807) is 4.68 Å². The molecule has 5 nitrogen and oxygen atoms in total. The number of aromatic nitrogens is 3. The number of hydrogen-bond acceptors (Lipinski definition) is 4. The molecule has 17 heavy (non-hydrogen) atoms. The number of aryl methyl sites for hydroxylation is 1. The van der Waals surface area contributed by atoms with Gasteiger partial charge in [0, 0.05) is 13.0 Å². The van der Waals surface area contributed by atoms with Crippen molar-refractivity contribution in [3.8, 4) is 5.75 Å². The Hall–Kier alpha value is -1.56. The molecular weight excluding hydrogens is 284 g/mol. The second kappa shape index (κ2) is 5.67. The van der Waals surface area contributed by atoms with Gasteiger partial charge < -0.3 is 10.5 Å². The van der Waals surface area contributed by atoms with E-state index in [2.05, 4.69) is 26.0 Å². The molecule has 0 saturated heterocycles. The highest BCUT2D eigenvalue weighted by Gasteiger charge is 2.03. The summed E-state index contributed by atoms with van der Waals surface area (Å²) < 4.78 is 7.93. The average Bonchev–Trinajstić information content (AvgIpc) is 2.65. The van der Waals surface area contributed by atoms with Gasteiger partial charge in [-0.15, -0.1) is 5.10 Å². The monoisotopic (exact) mass is 296 g/mol. The molecule has 0 radical (unpaired) electrons. The number of hydrogen-bond donors (Lipinski definition) is 1. The molecule has 0 aliphatic carbocycles. The summed E-state index contributed by atoms with van der Waals surface area (Å²) in [5, 5.41) is 4.04. The highest BCUT2D eigenvalue weighted by atomic mass is 79.9. The van der Waals surface area contributed by atoms with Crippen molar-refractivity contribution in [2.24, 2.45) is 0 Å². The van der Waals surface area contributed by atoms with Crippen molar-refractivity contribution in [2.45, 2.75) is 13.0 Å². The van der Waals surface area contributed by atoms with Crippen LogP contribution in [0.15, 0.2) is 35.1 Å². The Bertz CT molecular complexity index is 472. The first kappa shape index (κ1) is 11.9. The molecular formula is C11H13BrN4O. The van der Waals surface area contributed by atoms with Gasteiger partial charge in [-0.25, -0.2) is 4.68 Å². The maximum Gasteiger partial charge on any atom is 0.240 e. The fourth-order valence-electron chi connectivity index (χ4n) is 1.40. The maximum absolute atomic E-state index is 5.57. The standard InChI is InChI=1S/C11H13BrN4O/c12-10-14-11(13)15-16(10)7-4-8-17-9-5-2-1-3-6-9/h1-3,5-6H,4,7-8H2,(H2,13,15). The smallest absolute Gasteiger partial charge is 0.240 e. The molecule has 0 aliphatic heterocycles. The van der Waals surface area contributed by atoms with Gasteiger partial charge in [0.1, 0.15) is 5.75 Å². The first-order valence-corrected chi connectivity index (χ1v) is 6.08. The number of ether oxygens (including phenoxy) is 1. The van der Waals surface area contributed by atoms with Crippen LogP contribution in [-0.4, -0.2) is 21.4 Å². The molecule has 1 aromatic heterocycles. The van der Waals surface area contributed by atoms with Crippen LogP contribution in [0.5, 0.6) is 5.75 Å². The summed E-state index contributed by atoms with van der Waals surface area (Å²) in [4.78, 5) is 3.95. The first-order valence-electron chi connectivity index (χ1n) is 5.29. The molecule has 0 bridgehead atoms. The predicted octanol–water partition coefficient (Wildman–Crippen LogP) is 2.09. The summed E-state index contributed by atoms with van der Waals surface area (Å²) >= 11 is 3.28. The van der Waals surface area contributed by atoms with E-state index in [1.165, 1.54) is 0 Å². The van der Waals surface area contributed by atoms with Crippen molar-refractivity contribution < 1.29 is 4.74 Å². The lowest BCUT2D eigenvalue weighted by Crippen LogP contribution is -2.06. The van der Waals surface area contributed by atoms with E-state index in [9.17, 15) is 0 Å². The minimum Gasteiger partial charge on any atom is -0.494 e. The van der Waals surface area contributed by atoms with Crippen molar-refractivity contribution in [2.75, 3.05) is 12.3 Å². The van der Waals surface area contributed by atoms with Crippen molar-refractivity contribution in [1.82, 2.24) is 14.8 Å². The molecule has 0 atom stereocenters. The highest BCUT2D eigenvalue weighted by Crippen LogP contribution is 2.10. The van der Waals surface area contributed by atoms with Crippen LogP contribution in [0.2, 0.25) is 0 Å². The fourth-order valence-corrected chi connectivity index (χ4v) is 1.84. The molecule has 0 saturated carbocycles. The highest BCUT2D eigenvalue weighted by molar-refractivity contribution is 9.10. The van der Waals surface area contributed by atoms with Gasteiger partial charge in [-0.3, -0.25) is 0 Å². The Morgan fingerprint density at radius 2 is 2.06 bits per heavy atom. The summed E-state index contributed by atoms with van der Waals surface area (Å²) in [6.45, 7) is 1.35. The van der Waals surface area contributed by atoms with Crippen LogP contribution in [0, 0.1) is 0 Å². The lowest BCUT2D eigenvalue weighted by molar-refractivity contribution is 0.298. The third-order valence-electron chi connectivity index (χ3n) is 2.17. The van der Waals surface area contributed by atoms with E-state index in [0.29, 0.717) is 11.3 Å².